The van der Waals surface area contributed by atoms with E-state index in [4.69, 9.17) is 16.7 Å². The van der Waals surface area contributed by atoms with Gasteiger partial charge in [-0.3, -0.25) is 4.79 Å². The Kier molecular flexibility index (Phi) is 2.87. The van der Waals surface area contributed by atoms with Crippen LogP contribution in [0.3, 0.4) is 0 Å². The predicted molar refractivity (Wildman–Crippen MR) is 53.6 cm³/mol. The molecule has 4 nitrogen and oxygen atoms in total. The van der Waals surface area contributed by atoms with E-state index in [1.165, 1.54) is 6.08 Å². The summed E-state index contributed by atoms with van der Waals surface area (Å²) < 4.78 is 0. The van der Waals surface area contributed by atoms with Gasteiger partial charge in [0.05, 0.1) is 0 Å². The van der Waals surface area contributed by atoms with Gasteiger partial charge in [0.2, 0.25) is 0 Å². The summed E-state index contributed by atoms with van der Waals surface area (Å²) in [5, 5.41) is 8.57. The quantitative estimate of drug-likeness (QED) is 0.404. The van der Waals surface area contributed by atoms with Crippen LogP contribution in [0, 0.1) is 11.3 Å². The molecule has 0 aliphatic rings. The maximum atomic E-state index is 10.7. The van der Waals surface area contributed by atoms with Crippen molar-refractivity contribution in [1.82, 2.24) is 0 Å². The number of nitriles is 1. The van der Waals surface area contributed by atoms with E-state index in [0.29, 0.717) is 5.69 Å². The van der Waals surface area contributed by atoms with Crippen molar-refractivity contribution in [2.45, 2.75) is 0 Å². The second-order valence-corrected chi connectivity index (χ2v) is 2.70. The number of rotatable bonds is 2. The standard InChI is InChI=1S/C10H9N3O/c11-6-8(10(13)14)5-7-1-3-9(12)4-2-7/h1-5H,12H2,(H2,13,14)/b8-5-. The first kappa shape index (κ1) is 9.81. The predicted octanol–water partition coefficient (Wildman–Crippen LogP) is 0.661. The van der Waals surface area contributed by atoms with Crippen LogP contribution < -0.4 is 11.5 Å². The third-order valence-corrected chi connectivity index (χ3v) is 1.63. The number of nitrogens with two attached hydrogens (primary N) is 2. The summed E-state index contributed by atoms with van der Waals surface area (Å²) in [6, 6.07) is 8.49. The summed E-state index contributed by atoms with van der Waals surface area (Å²) in [7, 11) is 0. The lowest BCUT2D eigenvalue weighted by Gasteiger charge is -1.95. The lowest BCUT2D eigenvalue weighted by Crippen LogP contribution is -2.12. The smallest absolute Gasteiger partial charge is 0.259 e. The van der Waals surface area contributed by atoms with E-state index in [1.807, 2.05) is 0 Å². The summed E-state index contributed by atoms with van der Waals surface area (Å²) >= 11 is 0. The highest BCUT2D eigenvalue weighted by molar-refractivity contribution is 6.00. The molecule has 0 aliphatic carbocycles. The van der Waals surface area contributed by atoms with Gasteiger partial charge < -0.3 is 11.5 Å². The van der Waals surface area contributed by atoms with E-state index in [9.17, 15) is 4.79 Å². The largest absolute Gasteiger partial charge is 0.399 e. The van der Waals surface area contributed by atoms with Crippen molar-refractivity contribution in [3.05, 3.63) is 35.4 Å². The van der Waals surface area contributed by atoms with E-state index >= 15 is 0 Å². The molecule has 0 aromatic heterocycles. The summed E-state index contributed by atoms with van der Waals surface area (Å²) in [5.74, 6) is -0.732. The third kappa shape index (κ3) is 2.35. The highest BCUT2D eigenvalue weighted by Gasteiger charge is 2.02. The molecule has 0 radical (unpaired) electrons. The molecule has 4 heteroatoms. The number of carbonyl (C=O) groups is 1. The third-order valence-electron chi connectivity index (χ3n) is 1.63. The average Bonchev–Trinajstić information content (AvgIpc) is 2.16. The molecule has 0 bridgehead atoms. The van der Waals surface area contributed by atoms with Gasteiger partial charge >= 0.3 is 0 Å². The Morgan fingerprint density at radius 2 is 1.93 bits per heavy atom. The van der Waals surface area contributed by atoms with E-state index < -0.39 is 5.91 Å². The van der Waals surface area contributed by atoms with Gasteiger partial charge in [0.25, 0.3) is 5.91 Å². The molecular formula is C10H9N3O. The molecule has 1 amide bonds. The van der Waals surface area contributed by atoms with Crippen LogP contribution in [0.5, 0.6) is 0 Å². The molecule has 0 heterocycles. The number of carbonyl (C=O) groups excluding carboxylic acids is 1. The van der Waals surface area contributed by atoms with Crippen molar-refractivity contribution in [3.8, 4) is 6.07 Å². The second-order valence-electron chi connectivity index (χ2n) is 2.70. The molecule has 4 N–H and O–H groups in total. The van der Waals surface area contributed by atoms with Gasteiger partial charge in [-0.2, -0.15) is 5.26 Å². The number of primary amides is 1. The Labute approximate surface area is 81.4 Å². The van der Waals surface area contributed by atoms with Crippen LogP contribution in [0.4, 0.5) is 5.69 Å². The lowest BCUT2D eigenvalue weighted by molar-refractivity contribution is -0.114. The number of nitrogens with zero attached hydrogens (tertiary/aromatic N) is 1. The summed E-state index contributed by atoms with van der Waals surface area (Å²) in [4.78, 5) is 10.7. The van der Waals surface area contributed by atoms with Crippen LogP contribution in [0.25, 0.3) is 6.08 Å². The summed E-state index contributed by atoms with van der Waals surface area (Å²) in [6.07, 6.45) is 1.42. The minimum absolute atomic E-state index is 0.0743. The van der Waals surface area contributed by atoms with E-state index in [2.05, 4.69) is 0 Å². The Morgan fingerprint density at radius 1 is 1.36 bits per heavy atom. The van der Waals surface area contributed by atoms with Crippen LogP contribution >= 0.6 is 0 Å². The number of amides is 1. The average molecular weight is 187 g/mol. The number of anilines is 1. The molecule has 0 saturated carbocycles. The fraction of sp³-hybridized carbons (Fsp3) is 0. The highest BCUT2D eigenvalue weighted by atomic mass is 16.1. The van der Waals surface area contributed by atoms with Crippen LogP contribution in [0.1, 0.15) is 5.56 Å². The Bertz CT molecular complexity index is 412. The van der Waals surface area contributed by atoms with Gasteiger partial charge in [-0.25, -0.2) is 0 Å². The maximum absolute atomic E-state index is 10.7. The molecule has 0 fully saturated rings. The molecule has 1 aromatic carbocycles. The number of hydrogen-bond acceptors (Lipinski definition) is 3. The van der Waals surface area contributed by atoms with Crippen molar-refractivity contribution >= 4 is 17.7 Å². The minimum Gasteiger partial charge on any atom is -0.399 e. The molecule has 14 heavy (non-hydrogen) atoms. The van der Waals surface area contributed by atoms with Gasteiger partial charge in [-0.1, -0.05) is 12.1 Å². The molecule has 1 aromatic rings. The molecule has 0 saturated heterocycles. The van der Waals surface area contributed by atoms with E-state index in [0.717, 1.165) is 5.56 Å². The Morgan fingerprint density at radius 3 is 2.36 bits per heavy atom. The molecular weight excluding hydrogens is 178 g/mol. The number of hydrogen-bond donors (Lipinski definition) is 2. The molecule has 0 spiro atoms. The van der Waals surface area contributed by atoms with Gasteiger partial charge in [0.1, 0.15) is 11.6 Å². The first-order valence-corrected chi connectivity index (χ1v) is 3.90. The van der Waals surface area contributed by atoms with Gasteiger partial charge in [0.15, 0.2) is 0 Å². The van der Waals surface area contributed by atoms with Crippen LogP contribution in [-0.4, -0.2) is 5.91 Å². The second kappa shape index (κ2) is 4.10. The molecule has 70 valence electrons. The van der Waals surface area contributed by atoms with Gasteiger partial charge in [-0.05, 0) is 23.8 Å². The highest BCUT2D eigenvalue weighted by Crippen LogP contribution is 2.09. The first-order valence-electron chi connectivity index (χ1n) is 3.90. The maximum Gasteiger partial charge on any atom is 0.259 e. The first-order chi connectivity index (χ1) is 6.63. The van der Waals surface area contributed by atoms with Crippen molar-refractivity contribution in [3.63, 3.8) is 0 Å². The molecule has 0 atom stereocenters. The zero-order valence-corrected chi connectivity index (χ0v) is 7.40. The Hall–Kier alpha value is -2.28. The number of nitrogen functional groups attached to an aromatic ring is 1. The van der Waals surface area contributed by atoms with E-state index in [-0.39, 0.29) is 5.57 Å². The number of benzene rings is 1. The van der Waals surface area contributed by atoms with Crippen molar-refractivity contribution in [2.24, 2.45) is 5.73 Å². The van der Waals surface area contributed by atoms with Crippen LogP contribution in [0.15, 0.2) is 29.8 Å². The molecule has 1 rings (SSSR count). The fourth-order valence-corrected chi connectivity index (χ4v) is 0.917. The van der Waals surface area contributed by atoms with Crippen molar-refractivity contribution in [1.29, 1.82) is 5.26 Å². The van der Waals surface area contributed by atoms with Gasteiger partial charge in [0, 0.05) is 5.69 Å². The summed E-state index contributed by atoms with van der Waals surface area (Å²) in [5.41, 5.74) is 11.7. The fourth-order valence-electron chi connectivity index (χ4n) is 0.917. The minimum atomic E-state index is -0.732. The normalized spacial score (nSPS) is 10.6. The SMILES string of the molecule is N#C/C(=C/c1ccc(N)cc1)C(N)=O. The zero-order valence-electron chi connectivity index (χ0n) is 7.40. The molecule has 0 aliphatic heterocycles. The van der Waals surface area contributed by atoms with Crippen LogP contribution in [-0.2, 0) is 4.79 Å². The van der Waals surface area contributed by atoms with Gasteiger partial charge in [-0.15, -0.1) is 0 Å². The zero-order chi connectivity index (χ0) is 10.6. The monoisotopic (exact) mass is 187 g/mol. The van der Waals surface area contributed by atoms with E-state index in [1.54, 1.807) is 30.3 Å². The lowest BCUT2D eigenvalue weighted by atomic mass is 10.1. The van der Waals surface area contributed by atoms with Crippen LogP contribution in [0.2, 0.25) is 0 Å². The topological polar surface area (TPSA) is 92.9 Å². The van der Waals surface area contributed by atoms with Crippen molar-refractivity contribution < 1.29 is 4.79 Å². The molecule has 0 unspecified atom stereocenters. The summed E-state index contributed by atoms with van der Waals surface area (Å²) in [6.45, 7) is 0. The Balaban J connectivity index is 3.03. The van der Waals surface area contributed by atoms with Crippen molar-refractivity contribution in [2.75, 3.05) is 5.73 Å².